The zero-order valence-corrected chi connectivity index (χ0v) is 8.90. The number of carbonyl (C=O) groups excluding carboxylic acids is 2. The molecule has 0 spiro atoms. The Hall–Kier alpha value is -1.97. The van der Waals surface area contributed by atoms with E-state index in [4.69, 9.17) is 4.74 Å². The Labute approximate surface area is 92.9 Å². The van der Waals surface area contributed by atoms with Crippen LogP contribution in [0.3, 0.4) is 0 Å². The number of benzene rings is 1. The summed E-state index contributed by atoms with van der Waals surface area (Å²) >= 11 is 0. The van der Waals surface area contributed by atoms with E-state index in [2.05, 4.69) is 4.99 Å². The first kappa shape index (κ1) is 10.5. The van der Waals surface area contributed by atoms with E-state index in [9.17, 15) is 9.59 Å². The van der Waals surface area contributed by atoms with Crippen molar-refractivity contribution in [1.29, 1.82) is 0 Å². The van der Waals surface area contributed by atoms with Crippen molar-refractivity contribution in [2.75, 3.05) is 6.61 Å². The lowest BCUT2D eigenvalue weighted by Gasteiger charge is -2.01. The lowest BCUT2D eigenvalue weighted by atomic mass is 10.1. The molecule has 0 N–H and O–H groups in total. The van der Waals surface area contributed by atoms with Crippen molar-refractivity contribution in [3.05, 3.63) is 29.8 Å². The fourth-order valence-corrected chi connectivity index (χ4v) is 1.54. The molecule has 1 fully saturated rings. The second kappa shape index (κ2) is 4.26. The van der Waals surface area contributed by atoms with Crippen molar-refractivity contribution >= 4 is 23.2 Å². The summed E-state index contributed by atoms with van der Waals surface area (Å²) in [4.78, 5) is 26.5. The van der Waals surface area contributed by atoms with E-state index < -0.39 is 0 Å². The molecule has 1 aliphatic rings. The molecule has 0 unspecified atom stereocenters. The molecule has 4 heteroatoms. The van der Waals surface area contributed by atoms with E-state index in [1.54, 1.807) is 18.2 Å². The smallest absolute Gasteiger partial charge is 0.312 e. The van der Waals surface area contributed by atoms with Crippen LogP contribution in [0, 0.1) is 0 Å². The second-order valence-electron chi connectivity index (χ2n) is 3.59. The van der Waals surface area contributed by atoms with E-state index in [1.165, 1.54) is 6.92 Å². The highest BCUT2D eigenvalue weighted by Crippen LogP contribution is 2.20. The molecule has 1 aliphatic heterocycles. The third-order valence-corrected chi connectivity index (χ3v) is 2.31. The van der Waals surface area contributed by atoms with Crippen LogP contribution in [-0.2, 0) is 9.53 Å². The zero-order chi connectivity index (χ0) is 11.5. The first-order valence-electron chi connectivity index (χ1n) is 4.99. The third-order valence-electron chi connectivity index (χ3n) is 2.31. The SMILES string of the molecule is CC(=O)c1ccccc1N=C1COC(=O)C1. The summed E-state index contributed by atoms with van der Waals surface area (Å²) in [6, 6.07) is 7.08. The molecule has 0 bridgehead atoms. The Morgan fingerprint density at radius 3 is 2.75 bits per heavy atom. The maximum absolute atomic E-state index is 11.3. The summed E-state index contributed by atoms with van der Waals surface area (Å²) in [6.07, 6.45) is 0.215. The first-order chi connectivity index (χ1) is 7.66. The maximum atomic E-state index is 11.3. The molecule has 4 nitrogen and oxygen atoms in total. The minimum atomic E-state index is -0.265. The van der Waals surface area contributed by atoms with Gasteiger partial charge in [-0.05, 0) is 19.1 Å². The third kappa shape index (κ3) is 2.16. The molecule has 2 rings (SSSR count). The standard InChI is InChI=1S/C12H11NO3/c1-8(14)10-4-2-3-5-11(10)13-9-6-12(15)16-7-9/h2-5H,6-7H2,1H3. The summed E-state index contributed by atoms with van der Waals surface area (Å²) in [5.41, 5.74) is 1.83. The summed E-state index contributed by atoms with van der Waals surface area (Å²) < 4.78 is 4.78. The number of rotatable bonds is 2. The molecule has 82 valence electrons. The quantitative estimate of drug-likeness (QED) is 0.561. The number of carbonyl (C=O) groups is 2. The van der Waals surface area contributed by atoms with Crippen molar-refractivity contribution in [3.63, 3.8) is 0 Å². The van der Waals surface area contributed by atoms with Crippen LogP contribution in [0.2, 0.25) is 0 Å². The lowest BCUT2D eigenvalue weighted by Crippen LogP contribution is -1.97. The predicted molar refractivity (Wildman–Crippen MR) is 59.1 cm³/mol. The van der Waals surface area contributed by atoms with Gasteiger partial charge in [-0.2, -0.15) is 0 Å². The van der Waals surface area contributed by atoms with Crippen LogP contribution in [0.25, 0.3) is 0 Å². The van der Waals surface area contributed by atoms with E-state index in [0.717, 1.165) is 0 Å². The molecule has 16 heavy (non-hydrogen) atoms. The highest BCUT2D eigenvalue weighted by Gasteiger charge is 2.18. The van der Waals surface area contributed by atoms with Crippen molar-refractivity contribution in [2.45, 2.75) is 13.3 Å². The Morgan fingerprint density at radius 1 is 1.38 bits per heavy atom. The van der Waals surface area contributed by atoms with Crippen LogP contribution >= 0.6 is 0 Å². The highest BCUT2D eigenvalue weighted by molar-refractivity contribution is 6.07. The molecule has 0 radical (unpaired) electrons. The molecule has 0 saturated carbocycles. The van der Waals surface area contributed by atoms with Gasteiger partial charge >= 0.3 is 5.97 Å². The number of aliphatic imine (C=N–C) groups is 1. The van der Waals surface area contributed by atoms with E-state index >= 15 is 0 Å². The van der Waals surface area contributed by atoms with Gasteiger partial charge in [0.1, 0.15) is 6.61 Å². The molecule has 1 saturated heterocycles. The van der Waals surface area contributed by atoms with Gasteiger partial charge in [0.2, 0.25) is 0 Å². The van der Waals surface area contributed by atoms with Gasteiger partial charge in [-0.1, -0.05) is 12.1 Å². The summed E-state index contributed by atoms with van der Waals surface area (Å²) in [5, 5.41) is 0. The topological polar surface area (TPSA) is 55.7 Å². The molecule has 1 aromatic carbocycles. The summed E-state index contributed by atoms with van der Waals surface area (Å²) in [6.45, 7) is 1.72. The second-order valence-corrected chi connectivity index (χ2v) is 3.59. The molecule has 0 amide bonds. The number of hydrogen-bond acceptors (Lipinski definition) is 4. The number of nitrogens with zero attached hydrogens (tertiary/aromatic N) is 1. The number of Topliss-reactive ketones (excluding diaryl/α,β-unsaturated/α-hetero) is 1. The van der Waals surface area contributed by atoms with Crippen LogP contribution in [0.1, 0.15) is 23.7 Å². The van der Waals surface area contributed by atoms with Crippen LogP contribution < -0.4 is 0 Å². The van der Waals surface area contributed by atoms with Crippen molar-refractivity contribution in [3.8, 4) is 0 Å². The fraction of sp³-hybridized carbons (Fsp3) is 0.250. The van der Waals surface area contributed by atoms with Gasteiger partial charge in [0.05, 0.1) is 17.8 Å². The molecule has 0 aliphatic carbocycles. The zero-order valence-electron chi connectivity index (χ0n) is 8.90. The highest BCUT2D eigenvalue weighted by atomic mass is 16.5. The first-order valence-corrected chi connectivity index (χ1v) is 4.99. The van der Waals surface area contributed by atoms with E-state index in [0.29, 0.717) is 17.0 Å². The summed E-state index contributed by atoms with van der Waals surface area (Å²) in [7, 11) is 0. The van der Waals surface area contributed by atoms with Gasteiger partial charge in [-0.25, -0.2) is 0 Å². The predicted octanol–water partition coefficient (Wildman–Crippen LogP) is 1.91. The van der Waals surface area contributed by atoms with Crippen LogP contribution in [0.5, 0.6) is 0 Å². The Morgan fingerprint density at radius 2 is 2.12 bits per heavy atom. The number of esters is 1. The monoisotopic (exact) mass is 217 g/mol. The molecule has 0 atom stereocenters. The van der Waals surface area contributed by atoms with Crippen LogP contribution in [0.15, 0.2) is 29.3 Å². The van der Waals surface area contributed by atoms with Crippen molar-refractivity contribution in [2.24, 2.45) is 4.99 Å². The van der Waals surface area contributed by atoms with Gasteiger partial charge in [0, 0.05) is 5.56 Å². The van der Waals surface area contributed by atoms with Crippen LogP contribution in [-0.4, -0.2) is 24.1 Å². The van der Waals surface area contributed by atoms with Crippen LogP contribution in [0.4, 0.5) is 5.69 Å². The van der Waals surface area contributed by atoms with Gasteiger partial charge in [-0.3, -0.25) is 14.6 Å². The fourth-order valence-electron chi connectivity index (χ4n) is 1.54. The Kier molecular flexibility index (Phi) is 2.81. The lowest BCUT2D eigenvalue weighted by molar-refractivity contribution is -0.137. The van der Waals surface area contributed by atoms with Gasteiger partial charge in [-0.15, -0.1) is 0 Å². The Bertz CT molecular complexity index is 477. The van der Waals surface area contributed by atoms with E-state index in [1.807, 2.05) is 6.07 Å². The summed E-state index contributed by atoms with van der Waals surface area (Å²) in [5.74, 6) is -0.302. The minimum absolute atomic E-state index is 0.0369. The van der Waals surface area contributed by atoms with Gasteiger partial charge in [0.25, 0.3) is 0 Å². The van der Waals surface area contributed by atoms with Crippen molar-refractivity contribution < 1.29 is 14.3 Å². The number of hydrogen-bond donors (Lipinski definition) is 0. The Balaban J connectivity index is 2.34. The molecule has 1 aromatic rings. The molecular formula is C12H11NO3. The largest absolute Gasteiger partial charge is 0.459 e. The van der Waals surface area contributed by atoms with Gasteiger partial charge < -0.3 is 4.74 Å². The minimum Gasteiger partial charge on any atom is -0.459 e. The average Bonchev–Trinajstić information content (AvgIpc) is 2.64. The molecule has 1 heterocycles. The normalized spacial score (nSPS) is 17.6. The van der Waals surface area contributed by atoms with E-state index in [-0.39, 0.29) is 24.8 Å². The number of ether oxygens (including phenoxy) is 1. The molecule has 0 aromatic heterocycles. The number of para-hydroxylation sites is 1. The number of ketones is 1. The maximum Gasteiger partial charge on any atom is 0.312 e. The number of cyclic esters (lactones) is 1. The van der Waals surface area contributed by atoms with Gasteiger partial charge in [0.15, 0.2) is 5.78 Å². The molecular weight excluding hydrogens is 206 g/mol. The average molecular weight is 217 g/mol. The van der Waals surface area contributed by atoms with Crippen molar-refractivity contribution in [1.82, 2.24) is 0 Å².